The van der Waals surface area contributed by atoms with Crippen LogP contribution in [0.25, 0.3) is 22.2 Å². The molecule has 41 heavy (non-hydrogen) atoms. The third-order valence-corrected chi connectivity index (χ3v) is 8.53. The zero-order valence-electron chi connectivity index (χ0n) is 25.0. The minimum atomic E-state index is -1.33. The van der Waals surface area contributed by atoms with Crippen molar-refractivity contribution in [1.29, 1.82) is 0 Å². The number of aryl methyl sites for hydroxylation is 1. The van der Waals surface area contributed by atoms with Crippen molar-refractivity contribution >= 4 is 48.1 Å². The van der Waals surface area contributed by atoms with Gasteiger partial charge in [-0.25, -0.2) is 14.8 Å². The number of para-hydroxylation sites is 1. The third kappa shape index (κ3) is 7.56. The second-order valence-corrected chi connectivity index (χ2v) is 16.8. The standard InChI is InChI=1S/C30H41N7O3Si/c1-31-14-15-36(2)27-19-28(39-4)25(18-24(27)35-30(38)40-16-17-41(5,6)7)34-29-32-13-12-23(33-29)22-20-37(3)26-11-9-8-10-21(22)26/h8-13,18-20,31H,14-17H2,1-7H3,(H,35,38)(H,32,33,34)/q-1. The van der Waals surface area contributed by atoms with Crippen molar-refractivity contribution in [1.82, 2.24) is 19.9 Å². The molecule has 3 N–H and O–H groups in total. The number of likely N-dealkylation sites (N-methyl/N-ethyl adjacent to an activating group) is 2. The highest BCUT2D eigenvalue weighted by Crippen LogP contribution is 2.38. The molecule has 4 aromatic rings. The minimum Gasteiger partial charge on any atom is -0.494 e. The van der Waals surface area contributed by atoms with E-state index in [1.165, 1.54) is 0 Å². The molecule has 4 rings (SSSR count). The summed E-state index contributed by atoms with van der Waals surface area (Å²) in [7, 11) is 6.18. The van der Waals surface area contributed by atoms with Gasteiger partial charge in [-0.05, 0) is 25.2 Å². The molecule has 0 saturated carbocycles. The van der Waals surface area contributed by atoms with Crippen LogP contribution in [0.3, 0.4) is 0 Å². The number of ether oxygens (including phenoxy) is 2. The van der Waals surface area contributed by atoms with Crippen LogP contribution in [0.4, 0.5) is 27.8 Å². The lowest BCUT2D eigenvalue weighted by molar-refractivity contribution is 0.167. The molecular formula is C30H41N7O3Si-. The van der Waals surface area contributed by atoms with Gasteiger partial charge in [0.05, 0.1) is 36.5 Å². The van der Waals surface area contributed by atoms with E-state index < -0.39 is 14.2 Å². The summed E-state index contributed by atoms with van der Waals surface area (Å²) in [6.45, 7) is 8.64. The summed E-state index contributed by atoms with van der Waals surface area (Å²) in [6.07, 6.45) is 3.31. The summed E-state index contributed by atoms with van der Waals surface area (Å²) >= 11 is 0. The van der Waals surface area contributed by atoms with Crippen LogP contribution < -0.4 is 25.6 Å². The molecule has 0 bridgehead atoms. The normalized spacial score (nSPS) is 11.4. The monoisotopic (exact) mass is 575 g/mol. The van der Waals surface area contributed by atoms with Crippen molar-refractivity contribution in [2.45, 2.75) is 25.7 Å². The van der Waals surface area contributed by atoms with Crippen LogP contribution in [0, 0.1) is 0 Å². The lowest BCUT2D eigenvalue weighted by Gasteiger charge is -2.27. The van der Waals surface area contributed by atoms with Crippen LogP contribution in [0.5, 0.6) is 5.75 Å². The fourth-order valence-electron chi connectivity index (χ4n) is 4.48. The number of hydrogen-bond acceptors (Lipinski definition) is 8. The largest absolute Gasteiger partial charge is 0.494 e. The highest BCUT2D eigenvalue weighted by atomic mass is 28.3. The Morgan fingerprint density at radius 3 is 2.63 bits per heavy atom. The maximum Gasteiger partial charge on any atom is 0.411 e. The molecule has 0 atom stereocenters. The summed E-state index contributed by atoms with van der Waals surface area (Å²) in [5.41, 5.74) is 4.95. The molecule has 0 unspecified atom stereocenters. The van der Waals surface area contributed by atoms with E-state index in [2.05, 4.69) is 68.4 Å². The molecule has 0 fully saturated rings. The van der Waals surface area contributed by atoms with E-state index in [1.54, 1.807) is 13.3 Å². The Balaban J connectivity index is 1.65. The Hall–Kier alpha value is -4.09. The molecule has 0 spiro atoms. The van der Waals surface area contributed by atoms with Crippen molar-refractivity contribution < 1.29 is 14.3 Å². The fraction of sp³-hybridized carbons (Fsp3) is 0.367. The van der Waals surface area contributed by atoms with Gasteiger partial charge in [0.15, 0.2) is 0 Å². The molecule has 0 saturated heterocycles. The first-order valence-corrected chi connectivity index (χ1v) is 17.5. The zero-order valence-corrected chi connectivity index (χ0v) is 26.0. The van der Waals surface area contributed by atoms with Crippen molar-refractivity contribution in [3.05, 3.63) is 54.9 Å². The summed E-state index contributed by atoms with van der Waals surface area (Å²) in [4.78, 5) is 24.1. The Morgan fingerprint density at radius 2 is 1.90 bits per heavy atom. The average Bonchev–Trinajstić information content (AvgIpc) is 3.28. The van der Waals surface area contributed by atoms with Gasteiger partial charge >= 0.3 is 6.09 Å². The molecule has 0 aliphatic heterocycles. The van der Waals surface area contributed by atoms with E-state index in [9.17, 15) is 4.79 Å². The number of nitrogens with zero attached hydrogens (tertiary/aromatic N) is 4. The third-order valence-electron chi connectivity index (χ3n) is 6.82. The molecule has 11 heteroatoms. The first-order valence-electron chi connectivity index (χ1n) is 13.8. The Labute approximate surface area is 243 Å². The number of rotatable bonds is 12. The van der Waals surface area contributed by atoms with Gasteiger partial charge < -0.3 is 29.6 Å². The number of anilines is 4. The molecule has 0 aliphatic rings. The van der Waals surface area contributed by atoms with E-state index in [-0.39, 0.29) is 0 Å². The quantitative estimate of drug-likeness (QED) is 0.179. The number of fused-ring (bicyclic) bond motifs is 1. The number of benzene rings is 2. The van der Waals surface area contributed by atoms with Gasteiger partial charge in [0, 0.05) is 62.1 Å². The highest BCUT2D eigenvalue weighted by Gasteiger charge is 2.18. The SMILES string of the molecule is CNCCN(C)c1cc(OC)c(Nc2nccc(-c3cn(C)c4ccccc34)n2)cc1NC(=O)OCC[Si-](C)(C)C. The van der Waals surface area contributed by atoms with Crippen LogP contribution in [-0.4, -0.2) is 69.6 Å². The summed E-state index contributed by atoms with van der Waals surface area (Å²) in [6, 6.07) is 14.7. The summed E-state index contributed by atoms with van der Waals surface area (Å²) in [5, 5.41) is 10.5. The lowest BCUT2D eigenvalue weighted by atomic mass is 10.1. The first-order chi connectivity index (χ1) is 19.6. The van der Waals surface area contributed by atoms with Crippen molar-refractivity contribution in [3.63, 3.8) is 0 Å². The van der Waals surface area contributed by atoms with Gasteiger partial charge in [0.1, 0.15) is 5.75 Å². The van der Waals surface area contributed by atoms with E-state index >= 15 is 0 Å². The number of methoxy groups -OCH3 is 1. The van der Waals surface area contributed by atoms with E-state index in [0.717, 1.165) is 47.0 Å². The molecular weight excluding hydrogens is 534 g/mol. The van der Waals surface area contributed by atoms with E-state index in [1.807, 2.05) is 51.5 Å². The van der Waals surface area contributed by atoms with E-state index in [4.69, 9.17) is 14.5 Å². The van der Waals surface area contributed by atoms with Gasteiger partial charge in [-0.1, -0.05) is 18.2 Å². The molecule has 2 aromatic heterocycles. The van der Waals surface area contributed by atoms with Crippen LogP contribution in [0.15, 0.2) is 54.9 Å². The van der Waals surface area contributed by atoms with Crippen molar-refractivity contribution in [3.8, 4) is 17.0 Å². The van der Waals surface area contributed by atoms with Gasteiger partial charge in [-0.15, -0.1) is 14.1 Å². The Bertz CT molecular complexity index is 1500. The summed E-state index contributed by atoms with van der Waals surface area (Å²) in [5.74, 6) is 1.00. The molecule has 10 nitrogen and oxygen atoms in total. The predicted octanol–water partition coefficient (Wildman–Crippen LogP) is 5.93. The van der Waals surface area contributed by atoms with Crippen LogP contribution in [-0.2, 0) is 11.8 Å². The lowest BCUT2D eigenvalue weighted by Crippen LogP contribution is -2.28. The number of nitrogens with one attached hydrogen (secondary N) is 3. The zero-order chi connectivity index (χ0) is 29.6. The van der Waals surface area contributed by atoms with Gasteiger partial charge in [0.2, 0.25) is 5.95 Å². The van der Waals surface area contributed by atoms with Crippen LogP contribution >= 0.6 is 0 Å². The maximum atomic E-state index is 12.8. The Kier molecular flexibility index (Phi) is 9.51. The number of hydrogen-bond donors (Lipinski definition) is 3. The summed E-state index contributed by atoms with van der Waals surface area (Å²) < 4.78 is 13.4. The smallest absolute Gasteiger partial charge is 0.411 e. The number of amides is 1. The number of carbonyl (C=O) groups excluding carboxylic acids is 1. The molecule has 2 heterocycles. The topological polar surface area (TPSA) is 106 Å². The van der Waals surface area contributed by atoms with Crippen LogP contribution in [0.2, 0.25) is 25.7 Å². The van der Waals surface area contributed by atoms with Gasteiger partial charge in [-0.2, -0.15) is 19.6 Å². The van der Waals surface area contributed by atoms with E-state index in [0.29, 0.717) is 29.7 Å². The maximum absolute atomic E-state index is 12.8. The molecule has 1 amide bonds. The van der Waals surface area contributed by atoms with Crippen LogP contribution in [0.1, 0.15) is 0 Å². The number of carbonyl (C=O) groups is 1. The molecule has 219 valence electrons. The molecule has 0 aliphatic carbocycles. The fourth-order valence-corrected chi connectivity index (χ4v) is 5.20. The molecule has 2 aromatic carbocycles. The van der Waals surface area contributed by atoms with Gasteiger partial charge in [-0.3, -0.25) is 5.32 Å². The Morgan fingerprint density at radius 1 is 1.12 bits per heavy atom. The van der Waals surface area contributed by atoms with Crippen molar-refractivity contribution in [2.24, 2.45) is 7.05 Å². The number of aromatic nitrogens is 3. The first kappa shape index (κ1) is 29.9. The minimum absolute atomic E-state index is 0.391. The second kappa shape index (κ2) is 13.0. The highest BCUT2D eigenvalue weighted by molar-refractivity contribution is 6.76. The average molecular weight is 576 g/mol. The van der Waals surface area contributed by atoms with Crippen molar-refractivity contribution in [2.75, 3.05) is 56.4 Å². The second-order valence-electron chi connectivity index (χ2n) is 11.2. The molecule has 0 radical (unpaired) electrons. The predicted molar refractivity (Wildman–Crippen MR) is 171 cm³/mol. The van der Waals surface area contributed by atoms with Gasteiger partial charge in [0.25, 0.3) is 0 Å².